The highest BCUT2D eigenvalue weighted by molar-refractivity contribution is 5.76. The number of aliphatic hydroxyl groups is 2. The monoisotopic (exact) mass is 910 g/mol. The Bertz CT molecular complexity index is 1140. The second-order valence-corrected chi connectivity index (χ2v) is 18.9. The zero-order valence-corrected chi connectivity index (χ0v) is 43.0. The summed E-state index contributed by atoms with van der Waals surface area (Å²) in [5.74, 6) is -0.0855. The molecule has 0 bridgehead atoms. The van der Waals surface area contributed by atoms with Crippen molar-refractivity contribution in [3.05, 3.63) is 60.8 Å². The zero-order valence-electron chi connectivity index (χ0n) is 43.0. The third-order valence-corrected chi connectivity index (χ3v) is 12.5. The molecule has 0 aromatic heterocycles. The zero-order chi connectivity index (χ0) is 47.2. The van der Waals surface area contributed by atoms with Crippen LogP contribution in [0.25, 0.3) is 0 Å². The molecule has 0 aromatic rings. The highest BCUT2D eigenvalue weighted by Gasteiger charge is 2.18. The summed E-state index contributed by atoms with van der Waals surface area (Å²) in [6, 6.07) is -0.631. The molecule has 0 aliphatic rings. The van der Waals surface area contributed by atoms with E-state index in [-0.39, 0.29) is 18.5 Å². The Kier molecular flexibility index (Phi) is 52.1. The highest BCUT2D eigenvalue weighted by atomic mass is 16.5. The summed E-state index contributed by atoms with van der Waals surface area (Å²) in [5, 5.41) is 22.9. The first-order valence-electron chi connectivity index (χ1n) is 28.1. The number of carbonyl (C=O) groups excluding carboxylic acids is 2. The summed E-state index contributed by atoms with van der Waals surface area (Å²) in [4.78, 5) is 24.4. The molecule has 6 heteroatoms. The van der Waals surface area contributed by atoms with E-state index in [4.69, 9.17) is 4.74 Å². The van der Waals surface area contributed by atoms with Crippen molar-refractivity contribution in [2.24, 2.45) is 0 Å². The molecule has 0 aromatic carbocycles. The summed E-state index contributed by atoms with van der Waals surface area (Å²) in [7, 11) is 0. The smallest absolute Gasteiger partial charge is 0.305 e. The van der Waals surface area contributed by atoms with Crippen LogP contribution < -0.4 is 5.32 Å². The predicted octanol–water partition coefficient (Wildman–Crippen LogP) is 17.2. The first-order valence-corrected chi connectivity index (χ1v) is 28.1. The number of unbranched alkanes of at least 4 members (excludes halogenated alkanes) is 32. The number of aliphatic hydroxyl groups excluding tert-OH is 2. The van der Waals surface area contributed by atoms with E-state index in [0.717, 1.165) is 64.2 Å². The summed E-state index contributed by atoms with van der Waals surface area (Å²) in [6.45, 7) is 4.81. The van der Waals surface area contributed by atoms with Gasteiger partial charge in [-0.1, -0.05) is 235 Å². The molecule has 2 unspecified atom stereocenters. The van der Waals surface area contributed by atoms with Gasteiger partial charge in [-0.05, 0) is 89.9 Å². The first-order chi connectivity index (χ1) is 32.0. The van der Waals surface area contributed by atoms with Gasteiger partial charge in [0, 0.05) is 12.8 Å². The van der Waals surface area contributed by atoms with Gasteiger partial charge in [-0.3, -0.25) is 9.59 Å². The van der Waals surface area contributed by atoms with Crippen molar-refractivity contribution in [1.29, 1.82) is 0 Å². The van der Waals surface area contributed by atoms with E-state index in [1.54, 1.807) is 6.08 Å². The Morgan fingerprint density at radius 2 is 0.785 bits per heavy atom. The largest absolute Gasteiger partial charge is 0.466 e. The maximum Gasteiger partial charge on any atom is 0.305 e. The molecule has 0 saturated carbocycles. The van der Waals surface area contributed by atoms with Gasteiger partial charge in [0.2, 0.25) is 5.91 Å². The van der Waals surface area contributed by atoms with Crippen LogP contribution >= 0.6 is 0 Å². The van der Waals surface area contributed by atoms with Crippen molar-refractivity contribution in [3.8, 4) is 0 Å². The summed E-state index contributed by atoms with van der Waals surface area (Å²) in [5.41, 5.74) is 0. The van der Waals surface area contributed by atoms with Crippen LogP contribution in [0.1, 0.15) is 277 Å². The van der Waals surface area contributed by atoms with E-state index in [2.05, 4.69) is 67.8 Å². The molecule has 0 spiro atoms. The van der Waals surface area contributed by atoms with Gasteiger partial charge in [0.05, 0.1) is 25.4 Å². The number of allylic oxidation sites excluding steroid dienone is 9. The van der Waals surface area contributed by atoms with Gasteiger partial charge in [-0.2, -0.15) is 0 Å². The lowest BCUT2D eigenvalue weighted by Gasteiger charge is -2.20. The molecule has 3 N–H and O–H groups in total. The molecular weight excluding hydrogens is 803 g/mol. The van der Waals surface area contributed by atoms with E-state index in [1.807, 2.05) is 6.08 Å². The summed E-state index contributed by atoms with van der Waals surface area (Å²) < 4.78 is 5.46. The Balaban J connectivity index is 3.44. The van der Waals surface area contributed by atoms with Crippen molar-refractivity contribution < 1.29 is 24.5 Å². The Morgan fingerprint density at radius 1 is 0.431 bits per heavy atom. The second-order valence-electron chi connectivity index (χ2n) is 18.9. The van der Waals surface area contributed by atoms with E-state index >= 15 is 0 Å². The topological polar surface area (TPSA) is 95.9 Å². The van der Waals surface area contributed by atoms with Crippen LogP contribution in [-0.4, -0.2) is 47.4 Å². The van der Waals surface area contributed by atoms with E-state index < -0.39 is 12.1 Å². The van der Waals surface area contributed by atoms with Gasteiger partial charge < -0.3 is 20.3 Å². The van der Waals surface area contributed by atoms with Gasteiger partial charge >= 0.3 is 5.97 Å². The molecule has 0 aliphatic carbocycles. The Morgan fingerprint density at radius 3 is 1.22 bits per heavy atom. The Hall–Kier alpha value is -2.44. The fourth-order valence-corrected chi connectivity index (χ4v) is 8.15. The van der Waals surface area contributed by atoms with Gasteiger partial charge in [-0.15, -0.1) is 0 Å². The molecule has 6 nitrogen and oxygen atoms in total. The fraction of sp³-hybridized carbons (Fsp3) is 0.797. The molecule has 0 saturated heterocycles. The molecular formula is C59H107NO5. The highest BCUT2D eigenvalue weighted by Crippen LogP contribution is 2.15. The minimum absolute atomic E-state index is 0.00724. The van der Waals surface area contributed by atoms with Crippen LogP contribution in [0.4, 0.5) is 0 Å². The number of hydrogen-bond acceptors (Lipinski definition) is 5. The average molecular weight is 911 g/mol. The quantitative estimate of drug-likeness (QED) is 0.0321. The predicted molar refractivity (Wildman–Crippen MR) is 282 cm³/mol. The lowest BCUT2D eigenvalue weighted by atomic mass is 10.0. The third-order valence-electron chi connectivity index (χ3n) is 12.5. The molecule has 0 rings (SSSR count). The molecule has 65 heavy (non-hydrogen) atoms. The van der Waals surface area contributed by atoms with Crippen molar-refractivity contribution >= 4 is 11.9 Å². The van der Waals surface area contributed by atoms with Crippen molar-refractivity contribution in [1.82, 2.24) is 5.32 Å². The standard InChI is InChI=1S/C59H107NO5/c1-3-5-7-9-11-13-14-15-30-33-37-41-45-49-53-59(64)65-54-50-46-42-38-34-31-28-26-24-22-20-18-16-17-19-21-23-25-27-29-32-36-40-44-48-52-58(63)60-56(55-61)57(62)51-47-43-39-35-12-10-8-6-4-2/h9,11,14-15,17-20,47,51,56-57,61-62H,3-8,10,12-13,16,21-46,48-50,52-55H2,1-2H3,(H,60,63)/b11-9-,15-14-,19-17-,20-18-,51-47+. The van der Waals surface area contributed by atoms with Crippen LogP contribution in [-0.2, 0) is 14.3 Å². The number of hydrogen-bond donors (Lipinski definition) is 3. The van der Waals surface area contributed by atoms with Crippen molar-refractivity contribution in [2.45, 2.75) is 289 Å². The van der Waals surface area contributed by atoms with Crippen LogP contribution in [0.2, 0.25) is 0 Å². The van der Waals surface area contributed by atoms with Crippen LogP contribution in [0, 0.1) is 0 Å². The molecule has 2 atom stereocenters. The molecule has 0 aliphatic heterocycles. The van der Waals surface area contributed by atoms with Gasteiger partial charge in [0.25, 0.3) is 0 Å². The number of esters is 1. The first kappa shape index (κ1) is 62.6. The lowest BCUT2D eigenvalue weighted by Crippen LogP contribution is -2.45. The SMILES string of the molecule is CCCC/C=C\C/C=C\CCCCCCCC(=O)OCCCCCCCCCCC/C=C\C/C=C\CCCCCCCCCCCC(=O)NC(CO)C(O)/C=C/CCCCCCCCC. The van der Waals surface area contributed by atoms with Gasteiger partial charge in [0.1, 0.15) is 0 Å². The van der Waals surface area contributed by atoms with Crippen molar-refractivity contribution in [3.63, 3.8) is 0 Å². The van der Waals surface area contributed by atoms with Crippen molar-refractivity contribution in [2.75, 3.05) is 13.2 Å². The van der Waals surface area contributed by atoms with Crippen LogP contribution in [0.15, 0.2) is 60.8 Å². The normalized spacial score (nSPS) is 13.1. The number of amides is 1. The molecule has 378 valence electrons. The number of carbonyl (C=O) groups is 2. The minimum atomic E-state index is -0.847. The third kappa shape index (κ3) is 50.8. The van der Waals surface area contributed by atoms with E-state index in [0.29, 0.717) is 19.4 Å². The maximum atomic E-state index is 12.4. The average Bonchev–Trinajstić information content (AvgIpc) is 3.31. The lowest BCUT2D eigenvalue weighted by molar-refractivity contribution is -0.143. The van der Waals surface area contributed by atoms with Gasteiger partial charge in [0.15, 0.2) is 0 Å². The van der Waals surface area contributed by atoms with E-state index in [1.165, 1.54) is 186 Å². The summed E-state index contributed by atoms with van der Waals surface area (Å²) >= 11 is 0. The number of ether oxygens (including phenoxy) is 1. The fourth-order valence-electron chi connectivity index (χ4n) is 8.15. The molecule has 1 amide bonds. The molecule has 0 radical (unpaired) electrons. The molecule has 0 fully saturated rings. The van der Waals surface area contributed by atoms with E-state index in [9.17, 15) is 19.8 Å². The van der Waals surface area contributed by atoms with Crippen LogP contribution in [0.5, 0.6) is 0 Å². The maximum absolute atomic E-state index is 12.4. The van der Waals surface area contributed by atoms with Gasteiger partial charge in [-0.25, -0.2) is 0 Å². The minimum Gasteiger partial charge on any atom is -0.466 e. The molecule has 0 heterocycles. The number of nitrogens with one attached hydrogen (secondary N) is 1. The van der Waals surface area contributed by atoms with Crippen LogP contribution in [0.3, 0.4) is 0 Å². The summed E-state index contributed by atoms with van der Waals surface area (Å²) in [6.07, 6.45) is 69.6. The number of rotatable bonds is 51. The Labute approximate surface area is 403 Å². The second kappa shape index (κ2) is 54.2.